The van der Waals surface area contributed by atoms with E-state index in [1.807, 2.05) is 30.3 Å². The van der Waals surface area contributed by atoms with Crippen molar-refractivity contribution in [2.24, 2.45) is 16.4 Å². The van der Waals surface area contributed by atoms with E-state index in [0.29, 0.717) is 11.9 Å². The average molecular weight is 475 g/mol. The van der Waals surface area contributed by atoms with Crippen molar-refractivity contribution >= 4 is 33.7 Å². The molecule has 174 valence electrons. The van der Waals surface area contributed by atoms with Gasteiger partial charge in [0.2, 0.25) is 5.95 Å². The fourth-order valence-corrected chi connectivity index (χ4v) is 5.86. The lowest BCUT2D eigenvalue weighted by atomic mass is 9.72. The SMILES string of the molecule is CC(C)(C)[C@@H]1CCc2c(sc3nc(NN=Cc4ccc(F)cc4)n(-c4ccccc4)c(=O)c23)C1. The Labute approximate surface area is 202 Å². The van der Waals surface area contributed by atoms with E-state index in [4.69, 9.17) is 4.98 Å². The van der Waals surface area contributed by atoms with Gasteiger partial charge in [0.05, 0.1) is 17.3 Å². The quantitative estimate of drug-likeness (QED) is 0.284. The molecular formula is C27H27FN4OS. The van der Waals surface area contributed by atoms with Gasteiger partial charge < -0.3 is 0 Å². The molecule has 0 spiro atoms. The van der Waals surface area contributed by atoms with Gasteiger partial charge in [-0.1, -0.05) is 51.1 Å². The summed E-state index contributed by atoms with van der Waals surface area (Å²) in [6.45, 7) is 6.87. The molecule has 0 aliphatic heterocycles. The van der Waals surface area contributed by atoms with Crippen LogP contribution in [0.5, 0.6) is 0 Å². The molecule has 2 aromatic heterocycles. The fourth-order valence-electron chi connectivity index (χ4n) is 4.57. The van der Waals surface area contributed by atoms with E-state index in [9.17, 15) is 9.18 Å². The largest absolute Gasteiger partial charge is 0.268 e. The molecule has 7 heteroatoms. The zero-order chi connectivity index (χ0) is 23.9. The maximum absolute atomic E-state index is 13.8. The highest BCUT2D eigenvalue weighted by Crippen LogP contribution is 2.42. The van der Waals surface area contributed by atoms with Crippen LogP contribution in [-0.4, -0.2) is 15.8 Å². The molecule has 0 saturated heterocycles. The van der Waals surface area contributed by atoms with E-state index in [0.717, 1.165) is 46.3 Å². The third kappa shape index (κ3) is 4.28. The number of aromatic nitrogens is 2. The van der Waals surface area contributed by atoms with E-state index in [2.05, 4.69) is 31.3 Å². The lowest BCUT2D eigenvalue weighted by Gasteiger charge is -2.33. The Hall–Kier alpha value is -3.32. The smallest absolute Gasteiger partial charge is 0.268 e. The second-order valence-electron chi connectivity index (χ2n) is 9.82. The van der Waals surface area contributed by atoms with Crippen molar-refractivity contribution in [3.8, 4) is 5.69 Å². The van der Waals surface area contributed by atoms with Gasteiger partial charge in [-0.15, -0.1) is 11.3 Å². The Kier molecular flexibility index (Phi) is 5.81. The van der Waals surface area contributed by atoms with Gasteiger partial charge in [0.1, 0.15) is 10.6 Å². The predicted molar refractivity (Wildman–Crippen MR) is 138 cm³/mol. The first kappa shape index (κ1) is 22.5. The van der Waals surface area contributed by atoms with Gasteiger partial charge in [-0.3, -0.25) is 4.79 Å². The van der Waals surface area contributed by atoms with Crippen LogP contribution in [0.3, 0.4) is 0 Å². The fraction of sp³-hybridized carbons (Fsp3) is 0.296. The van der Waals surface area contributed by atoms with Crippen molar-refractivity contribution in [2.75, 3.05) is 5.43 Å². The molecule has 1 N–H and O–H groups in total. The summed E-state index contributed by atoms with van der Waals surface area (Å²) in [5.41, 5.74) is 5.73. The molecule has 0 radical (unpaired) electrons. The highest BCUT2D eigenvalue weighted by molar-refractivity contribution is 7.18. The van der Waals surface area contributed by atoms with Crippen molar-refractivity contribution in [2.45, 2.75) is 40.0 Å². The first-order valence-electron chi connectivity index (χ1n) is 11.5. The van der Waals surface area contributed by atoms with Crippen LogP contribution in [-0.2, 0) is 12.8 Å². The molecule has 1 atom stereocenters. The second-order valence-corrected chi connectivity index (χ2v) is 10.9. The zero-order valence-electron chi connectivity index (χ0n) is 19.5. The van der Waals surface area contributed by atoms with Crippen LogP contribution in [0.2, 0.25) is 0 Å². The average Bonchev–Trinajstić information content (AvgIpc) is 3.18. The molecule has 0 saturated carbocycles. The third-order valence-electron chi connectivity index (χ3n) is 6.57. The van der Waals surface area contributed by atoms with Crippen LogP contribution in [0.1, 0.15) is 43.2 Å². The predicted octanol–water partition coefficient (Wildman–Crippen LogP) is 6.18. The number of thiophene rings is 1. The summed E-state index contributed by atoms with van der Waals surface area (Å²) in [6, 6.07) is 15.5. The number of anilines is 1. The number of hydrazone groups is 1. The number of hydrogen-bond donors (Lipinski definition) is 1. The maximum atomic E-state index is 13.8. The molecule has 0 bridgehead atoms. The summed E-state index contributed by atoms with van der Waals surface area (Å²) in [6.07, 6.45) is 4.54. The first-order valence-corrected chi connectivity index (χ1v) is 12.3. The standard InChI is InChI=1S/C27H27FN4OS/c1-27(2,3)18-11-14-21-22(15-18)34-24-23(21)25(33)32(20-7-5-4-6-8-20)26(30-24)31-29-16-17-9-12-19(28)13-10-17/h4-10,12-13,16,18H,11,14-15H2,1-3H3,(H,30,31)/t18-/m1/s1. The summed E-state index contributed by atoms with van der Waals surface area (Å²) >= 11 is 1.63. The number of hydrogen-bond acceptors (Lipinski definition) is 5. The topological polar surface area (TPSA) is 59.3 Å². The van der Waals surface area contributed by atoms with Crippen LogP contribution in [0.4, 0.5) is 10.3 Å². The van der Waals surface area contributed by atoms with Gasteiger partial charge in [-0.05, 0) is 66.0 Å². The van der Waals surface area contributed by atoms with Gasteiger partial charge in [-0.25, -0.2) is 19.4 Å². The molecule has 0 fully saturated rings. The lowest BCUT2D eigenvalue weighted by Crippen LogP contribution is -2.27. The molecule has 2 aromatic carbocycles. The summed E-state index contributed by atoms with van der Waals surface area (Å²) in [5.74, 6) is 0.640. The molecule has 2 heterocycles. The Morgan fingerprint density at radius 2 is 1.88 bits per heavy atom. The molecule has 34 heavy (non-hydrogen) atoms. The van der Waals surface area contributed by atoms with E-state index in [-0.39, 0.29) is 16.8 Å². The van der Waals surface area contributed by atoms with Gasteiger partial charge in [0, 0.05) is 4.88 Å². The van der Waals surface area contributed by atoms with E-state index in [1.165, 1.54) is 17.0 Å². The summed E-state index contributed by atoms with van der Waals surface area (Å²) in [5, 5.41) is 5.01. The number of nitrogens with zero attached hydrogens (tertiary/aromatic N) is 3. The van der Waals surface area contributed by atoms with Crippen LogP contribution in [0.15, 0.2) is 64.5 Å². The van der Waals surface area contributed by atoms with Gasteiger partial charge >= 0.3 is 0 Å². The number of rotatable bonds is 4. The van der Waals surface area contributed by atoms with Gasteiger partial charge in [0.15, 0.2) is 0 Å². The van der Waals surface area contributed by atoms with Crippen LogP contribution in [0, 0.1) is 17.2 Å². The minimum atomic E-state index is -0.300. The zero-order valence-corrected chi connectivity index (χ0v) is 20.3. The van der Waals surface area contributed by atoms with Gasteiger partial charge in [0.25, 0.3) is 5.56 Å². The Bertz CT molecular complexity index is 1420. The minimum Gasteiger partial charge on any atom is -0.268 e. The molecule has 1 aliphatic carbocycles. The van der Waals surface area contributed by atoms with Crippen LogP contribution < -0.4 is 11.0 Å². The molecule has 5 rings (SSSR count). The first-order chi connectivity index (χ1) is 16.3. The van der Waals surface area contributed by atoms with Crippen molar-refractivity contribution in [1.29, 1.82) is 0 Å². The Morgan fingerprint density at radius 1 is 1.15 bits per heavy atom. The van der Waals surface area contributed by atoms with Crippen molar-refractivity contribution in [3.05, 3.63) is 86.8 Å². The van der Waals surface area contributed by atoms with Gasteiger partial charge in [-0.2, -0.15) is 5.10 Å². The van der Waals surface area contributed by atoms with E-state index < -0.39 is 0 Å². The normalized spacial score (nSPS) is 16.2. The van der Waals surface area contributed by atoms with Crippen molar-refractivity contribution < 1.29 is 4.39 Å². The van der Waals surface area contributed by atoms with Crippen molar-refractivity contribution in [3.63, 3.8) is 0 Å². The third-order valence-corrected chi connectivity index (χ3v) is 7.72. The Balaban J connectivity index is 1.60. The number of halogens is 1. The maximum Gasteiger partial charge on any atom is 0.268 e. The van der Waals surface area contributed by atoms with E-state index >= 15 is 0 Å². The highest BCUT2D eigenvalue weighted by Gasteiger charge is 2.32. The molecule has 5 nitrogen and oxygen atoms in total. The number of nitrogens with one attached hydrogen (secondary N) is 1. The van der Waals surface area contributed by atoms with Crippen LogP contribution >= 0.6 is 11.3 Å². The number of benzene rings is 2. The molecule has 0 unspecified atom stereocenters. The number of para-hydroxylation sites is 1. The summed E-state index contributed by atoms with van der Waals surface area (Å²) in [7, 11) is 0. The second kappa shape index (κ2) is 8.80. The molecule has 4 aromatic rings. The van der Waals surface area contributed by atoms with Crippen molar-refractivity contribution in [1.82, 2.24) is 9.55 Å². The molecule has 1 aliphatic rings. The minimum absolute atomic E-state index is 0.0811. The summed E-state index contributed by atoms with van der Waals surface area (Å²) in [4.78, 5) is 20.7. The number of fused-ring (bicyclic) bond motifs is 3. The molecular weight excluding hydrogens is 447 g/mol. The van der Waals surface area contributed by atoms with E-state index in [1.54, 1.807) is 34.3 Å². The monoisotopic (exact) mass is 474 g/mol. The number of aryl methyl sites for hydroxylation is 1. The summed E-state index contributed by atoms with van der Waals surface area (Å²) < 4.78 is 14.8. The van der Waals surface area contributed by atoms with Crippen LogP contribution in [0.25, 0.3) is 15.9 Å². The lowest BCUT2D eigenvalue weighted by molar-refractivity contribution is 0.218. The molecule has 0 amide bonds. The highest BCUT2D eigenvalue weighted by atomic mass is 32.1. The Morgan fingerprint density at radius 3 is 2.59 bits per heavy atom.